The summed E-state index contributed by atoms with van der Waals surface area (Å²) in [5.74, 6) is -0.655. The Morgan fingerprint density at radius 3 is 2.09 bits per heavy atom. The molecule has 0 radical (unpaired) electrons. The number of carbonyl (C=O) groups excluding carboxylic acids is 3. The minimum absolute atomic E-state index is 0.00704. The number of aliphatic hydroxyl groups excluding tert-OH is 1. The van der Waals surface area contributed by atoms with Gasteiger partial charge < -0.3 is 38.3 Å². The number of esters is 1. The van der Waals surface area contributed by atoms with Gasteiger partial charge in [0.05, 0.1) is 6.61 Å². The summed E-state index contributed by atoms with van der Waals surface area (Å²) in [7, 11) is 1.25. The molecule has 0 amide bonds. The Kier molecular flexibility index (Phi) is 11.7. The van der Waals surface area contributed by atoms with Crippen LogP contribution in [0.25, 0.3) is 0 Å². The van der Waals surface area contributed by atoms with Gasteiger partial charge >= 0.3 is 18.3 Å². The molecule has 35 heavy (non-hydrogen) atoms. The van der Waals surface area contributed by atoms with Crippen molar-refractivity contribution in [3.8, 4) is 0 Å². The highest BCUT2D eigenvalue weighted by molar-refractivity contribution is 5.70. The second-order valence-electron chi connectivity index (χ2n) is 7.27. The van der Waals surface area contributed by atoms with Gasteiger partial charge in [0, 0.05) is 13.5 Å². The van der Waals surface area contributed by atoms with Crippen molar-refractivity contribution >= 4 is 18.3 Å². The van der Waals surface area contributed by atoms with Crippen LogP contribution in [0, 0.1) is 0 Å². The van der Waals surface area contributed by atoms with E-state index >= 15 is 0 Å². The Bertz CT molecular complexity index is 841. The standard InChI is InChI=1S/C24H30O11/c1-4-13-30-23(27)34-20-19(33-18(26)12-11-16-9-7-6-8-10-16)17(15-25)32-22(29-3)21(20)35-24(28)31-14-5-2/h4-10,17,19-22,25H,1-2,11-15H2,3H3/t17-,19-,20+,21+,22+/m1/s1. The van der Waals surface area contributed by atoms with Gasteiger partial charge in [-0.05, 0) is 12.0 Å². The molecule has 0 bridgehead atoms. The minimum Gasteiger partial charge on any atom is -0.455 e. The fourth-order valence-electron chi connectivity index (χ4n) is 3.26. The molecule has 11 heteroatoms. The summed E-state index contributed by atoms with van der Waals surface area (Å²) in [6, 6.07) is 9.25. The van der Waals surface area contributed by atoms with Gasteiger partial charge in [0.15, 0.2) is 24.6 Å². The molecular weight excluding hydrogens is 464 g/mol. The van der Waals surface area contributed by atoms with Crippen molar-refractivity contribution in [3.63, 3.8) is 0 Å². The minimum atomic E-state index is -1.46. The van der Waals surface area contributed by atoms with Crippen LogP contribution in [-0.4, -0.2) is 81.0 Å². The number of hydrogen-bond donors (Lipinski definition) is 1. The zero-order valence-electron chi connectivity index (χ0n) is 19.4. The Hall–Kier alpha value is -3.41. The van der Waals surface area contributed by atoms with Gasteiger partial charge in [-0.25, -0.2) is 9.59 Å². The predicted octanol–water partition coefficient (Wildman–Crippen LogP) is 2.31. The van der Waals surface area contributed by atoms with Gasteiger partial charge in [-0.15, -0.1) is 0 Å². The Morgan fingerprint density at radius 1 is 0.943 bits per heavy atom. The first-order valence-electron chi connectivity index (χ1n) is 10.8. The maximum atomic E-state index is 12.7. The second-order valence-corrected chi connectivity index (χ2v) is 7.27. The maximum Gasteiger partial charge on any atom is 0.509 e. The zero-order chi connectivity index (χ0) is 25.6. The lowest BCUT2D eigenvalue weighted by molar-refractivity contribution is -0.299. The van der Waals surface area contributed by atoms with Crippen LogP contribution in [0.3, 0.4) is 0 Å². The summed E-state index contributed by atoms with van der Waals surface area (Å²) in [6.45, 7) is 5.96. The van der Waals surface area contributed by atoms with E-state index in [1.165, 1.54) is 19.3 Å². The number of carbonyl (C=O) groups is 3. The van der Waals surface area contributed by atoms with Crippen molar-refractivity contribution in [3.05, 3.63) is 61.2 Å². The lowest BCUT2D eigenvalue weighted by atomic mass is 9.98. The van der Waals surface area contributed by atoms with Gasteiger partial charge in [-0.2, -0.15) is 0 Å². The van der Waals surface area contributed by atoms with E-state index < -0.39 is 55.6 Å². The van der Waals surface area contributed by atoms with Crippen molar-refractivity contribution in [1.82, 2.24) is 0 Å². The fraction of sp³-hybridized carbons (Fsp3) is 0.458. The van der Waals surface area contributed by atoms with E-state index in [9.17, 15) is 19.5 Å². The van der Waals surface area contributed by atoms with Gasteiger partial charge in [-0.3, -0.25) is 4.79 Å². The van der Waals surface area contributed by atoms with Gasteiger partial charge in [0.25, 0.3) is 0 Å². The maximum absolute atomic E-state index is 12.7. The topological polar surface area (TPSA) is 136 Å². The first-order valence-corrected chi connectivity index (χ1v) is 10.8. The molecule has 192 valence electrons. The van der Waals surface area contributed by atoms with Gasteiger partial charge in [0.2, 0.25) is 0 Å². The van der Waals surface area contributed by atoms with Crippen LogP contribution in [0.5, 0.6) is 0 Å². The molecule has 1 aliphatic heterocycles. The van der Waals surface area contributed by atoms with E-state index in [-0.39, 0.29) is 19.6 Å². The molecule has 1 fully saturated rings. The average Bonchev–Trinajstić information content (AvgIpc) is 2.87. The van der Waals surface area contributed by atoms with E-state index in [0.717, 1.165) is 5.56 Å². The number of methoxy groups -OCH3 is 1. The van der Waals surface area contributed by atoms with E-state index in [0.29, 0.717) is 6.42 Å². The molecule has 5 atom stereocenters. The molecule has 0 aliphatic carbocycles. The van der Waals surface area contributed by atoms with E-state index in [4.69, 9.17) is 33.2 Å². The quantitative estimate of drug-likeness (QED) is 0.260. The number of benzene rings is 1. The van der Waals surface area contributed by atoms with Crippen molar-refractivity contribution in [1.29, 1.82) is 0 Å². The van der Waals surface area contributed by atoms with E-state index in [2.05, 4.69) is 13.2 Å². The molecule has 11 nitrogen and oxygen atoms in total. The Labute approximate surface area is 203 Å². The molecule has 1 aliphatic rings. The molecule has 0 saturated carbocycles. The Balaban J connectivity index is 2.24. The van der Waals surface area contributed by atoms with Crippen LogP contribution >= 0.6 is 0 Å². The highest BCUT2D eigenvalue weighted by Gasteiger charge is 2.53. The van der Waals surface area contributed by atoms with Crippen LogP contribution in [0.15, 0.2) is 55.6 Å². The molecule has 1 N–H and O–H groups in total. The second kappa shape index (κ2) is 14.8. The summed E-state index contributed by atoms with van der Waals surface area (Å²) in [4.78, 5) is 37.0. The molecule has 0 aromatic heterocycles. The molecule has 1 aromatic rings. The average molecular weight is 494 g/mol. The molecule has 1 heterocycles. The third-order valence-corrected chi connectivity index (χ3v) is 4.83. The first kappa shape index (κ1) is 27.8. The third kappa shape index (κ3) is 8.71. The summed E-state index contributed by atoms with van der Waals surface area (Å²) >= 11 is 0. The molecule has 1 saturated heterocycles. The van der Waals surface area contributed by atoms with Crippen LogP contribution in [0.1, 0.15) is 12.0 Å². The summed E-state index contributed by atoms with van der Waals surface area (Å²) in [5.41, 5.74) is 0.912. The monoisotopic (exact) mass is 494 g/mol. The lowest BCUT2D eigenvalue weighted by Gasteiger charge is -2.43. The number of ether oxygens (including phenoxy) is 7. The summed E-state index contributed by atoms with van der Waals surface area (Å²) in [5, 5.41) is 9.87. The molecule has 2 rings (SSSR count). The highest BCUT2D eigenvalue weighted by atomic mass is 16.8. The smallest absolute Gasteiger partial charge is 0.455 e. The molecular formula is C24H30O11. The fourth-order valence-corrected chi connectivity index (χ4v) is 3.26. The number of hydrogen-bond acceptors (Lipinski definition) is 11. The van der Waals surface area contributed by atoms with Crippen molar-refractivity contribution in [2.45, 2.75) is 43.5 Å². The molecule has 0 spiro atoms. The highest BCUT2D eigenvalue weighted by Crippen LogP contribution is 2.30. The van der Waals surface area contributed by atoms with E-state index in [1.54, 1.807) is 0 Å². The predicted molar refractivity (Wildman–Crippen MR) is 120 cm³/mol. The summed E-state index contributed by atoms with van der Waals surface area (Å²) < 4.78 is 36.7. The molecule has 0 unspecified atom stereocenters. The number of rotatable bonds is 12. The van der Waals surface area contributed by atoms with Crippen molar-refractivity contribution in [2.75, 3.05) is 26.9 Å². The van der Waals surface area contributed by atoms with Crippen LogP contribution in [0.4, 0.5) is 9.59 Å². The third-order valence-electron chi connectivity index (χ3n) is 4.83. The first-order chi connectivity index (χ1) is 16.9. The normalized spacial score (nSPS) is 23.4. The zero-order valence-corrected chi connectivity index (χ0v) is 19.4. The largest absolute Gasteiger partial charge is 0.509 e. The van der Waals surface area contributed by atoms with Crippen LogP contribution < -0.4 is 0 Å². The lowest BCUT2D eigenvalue weighted by Crippen LogP contribution is -2.62. The van der Waals surface area contributed by atoms with E-state index in [1.807, 2.05) is 30.3 Å². The SMILES string of the molecule is C=CCOC(=O)O[C@@H]1[C@H](OC(=O)OCC=C)[C@@H](OC)O[C@H](CO)[C@H]1OC(=O)CCc1ccccc1. The van der Waals surface area contributed by atoms with Crippen molar-refractivity contribution in [2.24, 2.45) is 0 Å². The van der Waals surface area contributed by atoms with Gasteiger partial charge in [-0.1, -0.05) is 55.6 Å². The number of aryl methyl sites for hydroxylation is 1. The van der Waals surface area contributed by atoms with Gasteiger partial charge in [0.1, 0.15) is 19.3 Å². The number of aliphatic hydroxyl groups is 1. The Morgan fingerprint density at radius 2 is 1.54 bits per heavy atom. The molecule has 1 aromatic carbocycles. The van der Waals surface area contributed by atoms with Crippen LogP contribution in [-0.2, 0) is 44.4 Å². The summed E-state index contributed by atoms with van der Waals surface area (Å²) in [6.07, 6.45) is -5.96. The van der Waals surface area contributed by atoms with Crippen LogP contribution in [0.2, 0.25) is 0 Å². The van der Waals surface area contributed by atoms with Crippen molar-refractivity contribution < 1.29 is 52.6 Å².